The van der Waals surface area contributed by atoms with Crippen molar-refractivity contribution in [2.45, 2.75) is 20.3 Å². The fourth-order valence-electron chi connectivity index (χ4n) is 3.24. The van der Waals surface area contributed by atoms with Gasteiger partial charge in [-0.05, 0) is 42.5 Å². The Balaban J connectivity index is 1.87. The van der Waals surface area contributed by atoms with Crippen LogP contribution in [0.3, 0.4) is 0 Å². The third-order valence-corrected chi connectivity index (χ3v) is 4.22. The van der Waals surface area contributed by atoms with E-state index in [0.29, 0.717) is 23.5 Å². The van der Waals surface area contributed by atoms with E-state index in [9.17, 15) is 4.79 Å². The zero-order chi connectivity index (χ0) is 16.4. The maximum Gasteiger partial charge on any atom is 0.279 e. The van der Waals surface area contributed by atoms with Crippen molar-refractivity contribution in [1.29, 1.82) is 0 Å². The molecule has 1 fully saturated rings. The highest BCUT2D eigenvalue weighted by atomic mass is 16.5. The van der Waals surface area contributed by atoms with Gasteiger partial charge < -0.3 is 9.64 Å². The van der Waals surface area contributed by atoms with Gasteiger partial charge in [0, 0.05) is 18.7 Å². The van der Waals surface area contributed by atoms with Crippen LogP contribution in [-0.2, 0) is 0 Å². The number of hydrogen-bond donors (Lipinski definition) is 1. The first kappa shape index (κ1) is 15.5. The van der Waals surface area contributed by atoms with Crippen LogP contribution in [0.1, 0.15) is 20.3 Å². The molecule has 0 bridgehead atoms. The number of anilines is 1. The molecule has 2 heterocycles. The molecule has 122 valence electrons. The minimum Gasteiger partial charge on any atom is -0.497 e. The van der Waals surface area contributed by atoms with E-state index in [0.717, 1.165) is 24.4 Å². The Hall–Kier alpha value is -2.37. The fraction of sp³-hybridized carbons (Fsp3) is 0.471. The minimum absolute atomic E-state index is 0.217. The van der Waals surface area contributed by atoms with Crippen LogP contribution in [-0.4, -0.2) is 35.4 Å². The normalized spacial score (nSPS) is 21.3. The Morgan fingerprint density at radius 1 is 1.13 bits per heavy atom. The van der Waals surface area contributed by atoms with Gasteiger partial charge in [-0.15, -0.1) is 10.2 Å². The van der Waals surface area contributed by atoms with Gasteiger partial charge in [0.2, 0.25) is 5.95 Å². The molecular weight excluding hydrogens is 292 g/mol. The number of nitrogens with one attached hydrogen (secondary N) is 1. The maximum absolute atomic E-state index is 12.4. The van der Waals surface area contributed by atoms with Crippen molar-refractivity contribution < 1.29 is 4.74 Å². The largest absolute Gasteiger partial charge is 0.497 e. The molecule has 0 spiro atoms. The number of benzene rings is 1. The number of nitrogens with zero attached hydrogens (tertiary/aromatic N) is 3. The Bertz CT molecular complexity index is 716. The first-order valence-corrected chi connectivity index (χ1v) is 7.93. The van der Waals surface area contributed by atoms with Crippen LogP contribution in [0.5, 0.6) is 5.75 Å². The summed E-state index contributed by atoms with van der Waals surface area (Å²) in [6, 6.07) is 7.22. The molecule has 1 aliphatic heterocycles. The lowest BCUT2D eigenvalue weighted by Gasteiger charge is -2.34. The van der Waals surface area contributed by atoms with Gasteiger partial charge in [0.25, 0.3) is 5.56 Å². The molecule has 2 atom stereocenters. The molecule has 3 rings (SSSR count). The van der Waals surface area contributed by atoms with E-state index in [2.05, 4.69) is 33.9 Å². The van der Waals surface area contributed by atoms with Crippen LogP contribution in [0.25, 0.3) is 11.3 Å². The highest BCUT2D eigenvalue weighted by Gasteiger charge is 2.24. The van der Waals surface area contributed by atoms with Crippen molar-refractivity contribution in [2.75, 3.05) is 25.1 Å². The SMILES string of the molecule is COc1ccc(-c2nnc(N3CC(C)CC(C)C3)[nH]c2=O)cc1. The van der Waals surface area contributed by atoms with Crippen LogP contribution < -0.4 is 15.2 Å². The predicted octanol–water partition coefficient (Wildman–Crippen LogP) is 2.32. The molecule has 1 N–H and O–H groups in total. The highest BCUT2D eigenvalue weighted by Crippen LogP contribution is 2.23. The van der Waals surface area contributed by atoms with Crippen LogP contribution in [0.15, 0.2) is 29.1 Å². The van der Waals surface area contributed by atoms with Crippen molar-refractivity contribution in [3.05, 3.63) is 34.6 Å². The molecule has 1 aromatic carbocycles. The van der Waals surface area contributed by atoms with Crippen molar-refractivity contribution in [3.63, 3.8) is 0 Å². The van der Waals surface area contributed by atoms with Gasteiger partial charge >= 0.3 is 0 Å². The van der Waals surface area contributed by atoms with E-state index < -0.39 is 0 Å². The van der Waals surface area contributed by atoms with Crippen LogP contribution in [0, 0.1) is 11.8 Å². The molecule has 0 aliphatic carbocycles. The van der Waals surface area contributed by atoms with E-state index in [1.807, 2.05) is 12.1 Å². The Kier molecular flexibility index (Phi) is 4.32. The summed E-state index contributed by atoms with van der Waals surface area (Å²) >= 11 is 0. The molecule has 2 unspecified atom stereocenters. The summed E-state index contributed by atoms with van der Waals surface area (Å²) in [5, 5.41) is 8.39. The van der Waals surface area contributed by atoms with Crippen LogP contribution in [0.2, 0.25) is 0 Å². The molecule has 1 saturated heterocycles. The summed E-state index contributed by atoms with van der Waals surface area (Å²) in [5.41, 5.74) is 0.840. The van der Waals surface area contributed by atoms with Crippen molar-refractivity contribution in [1.82, 2.24) is 15.2 Å². The number of aromatic amines is 1. The second kappa shape index (κ2) is 6.40. The number of piperidine rings is 1. The van der Waals surface area contributed by atoms with E-state index >= 15 is 0 Å². The number of H-pyrrole nitrogens is 1. The standard InChI is InChI=1S/C17H22N4O2/c1-11-8-12(2)10-21(9-11)17-18-16(22)15(19-20-17)13-4-6-14(23-3)7-5-13/h4-7,11-12H,8-10H2,1-3H3,(H,18,20,22). The summed E-state index contributed by atoms with van der Waals surface area (Å²) in [6.07, 6.45) is 1.21. The quantitative estimate of drug-likeness (QED) is 0.941. The minimum atomic E-state index is -0.217. The second-order valence-electron chi connectivity index (χ2n) is 6.41. The van der Waals surface area contributed by atoms with Gasteiger partial charge in [-0.3, -0.25) is 9.78 Å². The van der Waals surface area contributed by atoms with Crippen LogP contribution >= 0.6 is 0 Å². The fourth-order valence-corrected chi connectivity index (χ4v) is 3.24. The zero-order valence-corrected chi connectivity index (χ0v) is 13.7. The van der Waals surface area contributed by atoms with Crippen molar-refractivity contribution in [2.24, 2.45) is 11.8 Å². The average Bonchev–Trinajstić information content (AvgIpc) is 2.54. The van der Waals surface area contributed by atoms with E-state index in [1.165, 1.54) is 6.42 Å². The molecule has 1 aromatic heterocycles. The highest BCUT2D eigenvalue weighted by molar-refractivity contribution is 5.59. The van der Waals surface area contributed by atoms with E-state index in [-0.39, 0.29) is 5.56 Å². The smallest absolute Gasteiger partial charge is 0.279 e. The molecule has 1 aliphatic rings. The van der Waals surface area contributed by atoms with Gasteiger partial charge in [-0.1, -0.05) is 13.8 Å². The van der Waals surface area contributed by atoms with Gasteiger partial charge in [0.05, 0.1) is 7.11 Å². The van der Waals surface area contributed by atoms with Gasteiger partial charge in [0.15, 0.2) is 5.69 Å². The lowest BCUT2D eigenvalue weighted by atomic mass is 9.92. The Morgan fingerprint density at radius 2 is 1.78 bits per heavy atom. The first-order chi connectivity index (χ1) is 11.1. The number of methoxy groups -OCH3 is 1. The maximum atomic E-state index is 12.4. The van der Waals surface area contributed by atoms with Gasteiger partial charge in [-0.2, -0.15) is 0 Å². The molecule has 0 radical (unpaired) electrons. The number of rotatable bonds is 3. The van der Waals surface area contributed by atoms with Crippen LogP contribution in [0.4, 0.5) is 5.95 Å². The van der Waals surface area contributed by atoms with Crippen molar-refractivity contribution >= 4 is 5.95 Å². The second-order valence-corrected chi connectivity index (χ2v) is 6.41. The summed E-state index contributed by atoms with van der Waals surface area (Å²) in [4.78, 5) is 17.4. The molecular formula is C17H22N4O2. The van der Waals surface area contributed by atoms with Crippen molar-refractivity contribution in [3.8, 4) is 17.0 Å². The topological polar surface area (TPSA) is 71.1 Å². The average molecular weight is 314 g/mol. The van der Waals surface area contributed by atoms with E-state index in [1.54, 1.807) is 19.2 Å². The molecule has 6 heteroatoms. The summed E-state index contributed by atoms with van der Waals surface area (Å²) in [7, 11) is 1.61. The lowest BCUT2D eigenvalue weighted by Crippen LogP contribution is -2.40. The first-order valence-electron chi connectivity index (χ1n) is 7.93. The Labute approximate surface area is 135 Å². The third kappa shape index (κ3) is 3.36. The van der Waals surface area contributed by atoms with E-state index in [4.69, 9.17) is 4.74 Å². The molecule has 2 aromatic rings. The zero-order valence-electron chi connectivity index (χ0n) is 13.7. The summed E-state index contributed by atoms with van der Waals surface area (Å²) in [6.45, 7) is 6.24. The number of aromatic nitrogens is 3. The predicted molar refractivity (Wildman–Crippen MR) is 89.8 cm³/mol. The summed E-state index contributed by atoms with van der Waals surface area (Å²) < 4.78 is 5.13. The molecule has 0 saturated carbocycles. The molecule has 6 nitrogen and oxygen atoms in total. The number of ether oxygens (including phenoxy) is 1. The molecule has 0 amide bonds. The van der Waals surface area contributed by atoms with Gasteiger partial charge in [-0.25, -0.2) is 0 Å². The lowest BCUT2D eigenvalue weighted by molar-refractivity contribution is 0.353. The monoisotopic (exact) mass is 314 g/mol. The Morgan fingerprint density at radius 3 is 2.35 bits per heavy atom. The third-order valence-electron chi connectivity index (χ3n) is 4.22. The number of hydrogen-bond acceptors (Lipinski definition) is 5. The summed E-state index contributed by atoms with van der Waals surface area (Å²) in [5.74, 6) is 2.48. The van der Waals surface area contributed by atoms with Gasteiger partial charge in [0.1, 0.15) is 5.75 Å². The molecule has 23 heavy (non-hydrogen) atoms.